The number of aliphatic hydroxyl groups excluding tert-OH is 1. The molecule has 1 amide bonds. The van der Waals surface area contributed by atoms with Gasteiger partial charge in [0.2, 0.25) is 5.43 Å². The van der Waals surface area contributed by atoms with Crippen molar-refractivity contribution in [1.82, 2.24) is 10.3 Å². The zero-order chi connectivity index (χ0) is 14.1. The molecule has 5 nitrogen and oxygen atoms in total. The summed E-state index contributed by atoms with van der Waals surface area (Å²) in [6.07, 6.45) is 2.65. The number of benzene rings is 1. The number of carbonyl (C=O) groups excluding carboxylic acids is 1. The number of amides is 1. The minimum absolute atomic E-state index is 0.128. The third-order valence-electron chi connectivity index (χ3n) is 3.80. The van der Waals surface area contributed by atoms with Gasteiger partial charge in [-0.3, -0.25) is 9.59 Å². The number of aliphatic hydroxyl groups is 1. The first-order chi connectivity index (χ1) is 9.65. The summed E-state index contributed by atoms with van der Waals surface area (Å²) in [6.45, 7) is 0.502. The molecule has 1 aliphatic carbocycles. The largest absolute Gasteiger partial charge is 0.393 e. The van der Waals surface area contributed by atoms with Crippen LogP contribution in [0, 0.1) is 5.92 Å². The van der Waals surface area contributed by atoms with Crippen LogP contribution in [0.2, 0.25) is 0 Å². The van der Waals surface area contributed by atoms with E-state index in [1.165, 1.54) is 6.20 Å². The Bertz CT molecular complexity index is 702. The monoisotopic (exact) mass is 272 g/mol. The normalized spacial score (nSPS) is 21.4. The first-order valence-corrected chi connectivity index (χ1v) is 6.72. The van der Waals surface area contributed by atoms with E-state index in [1.807, 2.05) is 6.07 Å². The van der Waals surface area contributed by atoms with Crippen molar-refractivity contribution in [2.45, 2.75) is 18.9 Å². The van der Waals surface area contributed by atoms with Gasteiger partial charge in [0.25, 0.3) is 5.91 Å². The van der Waals surface area contributed by atoms with E-state index in [0.717, 1.165) is 5.52 Å². The standard InChI is InChI=1S/C15H16N2O3/c18-10-5-9(6-10)7-17-15(20)12-8-16-13-4-2-1-3-11(13)14(12)19/h1-4,8-10,18H,5-7H2,(H,16,19)(H,17,20). The van der Waals surface area contributed by atoms with Crippen molar-refractivity contribution in [2.75, 3.05) is 6.54 Å². The number of nitrogens with one attached hydrogen (secondary N) is 2. The molecule has 1 saturated carbocycles. The Morgan fingerprint density at radius 1 is 1.35 bits per heavy atom. The quantitative estimate of drug-likeness (QED) is 0.780. The molecule has 0 spiro atoms. The fourth-order valence-corrected chi connectivity index (χ4v) is 2.54. The van der Waals surface area contributed by atoms with Gasteiger partial charge in [0.15, 0.2) is 0 Å². The molecule has 0 saturated heterocycles. The second kappa shape index (κ2) is 5.09. The van der Waals surface area contributed by atoms with E-state index in [1.54, 1.807) is 18.2 Å². The second-order valence-electron chi connectivity index (χ2n) is 5.28. The summed E-state index contributed by atoms with van der Waals surface area (Å²) in [5.41, 5.74) is 0.588. The number of carbonyl (C=O) groups is 1. The molecule has 1 fully saturated rings. The van der Waals surface area contributed by atoms with Crippen LogP contribution in [0.5, 0.6) is 0 Å². The predicted octanol–water partition coefficient (Wildman–Crippen LogP) is 1.03. The highest BCUT2D eigenvalue weighted by Gasteiger charge is 2.27. The highest BCUT2D eigenvalue weighted by molar-refractivity contribution is 5.97. The van der Waals surface area contributed by atoms with Crippen molar-refractivity contribution in [3.05, 3.63) is 46.2 Å². The van der Waals surface area contributed by atoms with Gasteiger partial charge in [-0.05, 0) is 30.9 Å². The van der Waals surface area contributed by atoms with Crippen molar-refractivity contribution >= 4 is 16.8 Å². The predicted molar refractivity (Wildman–Crippen MR) is 75.6 cm³/mol. The molecule has 1 heterocycles. The van der Waals surface area contributed by atoms with Crippen LogP contribution in [0.1, 0.15) is 23.2 Å². The first kappa shape index (κ1) is 12.9. The molecule has 0 radical (unpaired) electrons. The molecule has 0 unspecified atom stereocenters. The Hall–Kier alpha value is -2.14. The number of H-pyrrole nitrogens is 1. The molecule has 2 aromatic rings. The smallest absolute Gasteiger partial charge is 0.256 e. The third-order valence-corrected chi connectivity index (χ3v) is 3.80. The van der Waals surface area contributed by atoms with Crippen LogP contribution in [-0.4, -0.2) is 28.6 Å². The molecule has 0 aliphatic heterocycles. The Labute approximate surface area is 115 Å². The molecule has 0 atom stereocenters. The van der Waals surface area contributed by atoms with Gasteiger partial charge in [0.1, 0.15) is 5.56 Å². The zero-order valence-electron chi connectivity index (χ0n) is 10.9. The molecule has 3 N–H and O–H groups in total. The van der Waals surface area contributed by atoms with Crippen molar-refractivity contribution < 1.29 is 9.90 Å². The maximum absolute atomic E-state index is 12.2. The number of aromatic amines is 1. The summed E-state index contributed by atoms with van der Waals surface area (Å²) in [5, 5.41) is 12.5. The number of fused-ring (bicyclic) bond motifs is 1. The Morgan fingerprint density at radius 2 is 2.10 bits per heavy atom. The van der Waals surface area contributed by atoms with E-state index in [2.05, 4.69) is 10.3 Å². The van der Waals surface area contributed by atoms with E-state index in [0.29, 0.717) is 30.7 Å². The van der Waals surface area contributed by atoms with Crippen LogP contribution in [0.4, 0.5) is 0 Å². The van der Waals surface area contributed by atoms with Crippen LogP contribution in [-0.2, 0) is 0 Å². The van der Waals surface area contributed by atoms with Gasteiger partial charge in [-0.2, -0.15) is 0 Å². The van der Waals surface area contributed by atoms with Gasteiger partial charge in [-0.15, -0.1) is 0 Å². The summed E-state index contributed by atoms with van der Waals surface area (Å²) in [5.74, 6) is -0.0492. The first-order valence-electron chi connectivity index (χ1n) is 6.72. The van der Waals surface area contributed by atoms with Crippen LogP contribution >= 0.6 is 0 Å². The number of hydrogen-bond acceptors (Lipinski definition) is 3. The van der Waals surface area contributed by atoms with E-state index < -0.39 is 0 Å². The molecule has 20 heavy (non-hydrogen) atoms. The van der Waals surface area contributed by atoms with Crippen molar-refractivity contribution in [3.8, 4) is 0 Å². The summed E-state index contributed by atoms with van der Waals surface area (Å²) in [6, 6.07) is 7.11. The number of hydrogen-bond donors (Lipinski definition) is 3. The van der Waals surface area contributed by atoms with Crippen LogP contribution < -0.4 is 10.7 Å². The third kappa shape index (κ3) is 2.32. The average Bonchev–Trinajstić information content (AvgIpc) is 2.43. The molecular formula is C15H16N2O3. The van der Waals surface area contributed by atoms with E-state index >= 15 is 0 Å². The topological polar surface area (TPSA) is 82.2 Å². The Balaban J connectivity index is 1.77. The highest BCUT2D eigenvalue weighted by atomic mass is 16.3. The van der Waals surface area contributed by atoms with E-state index in [4.69, 9.17) is 0 Å². The fraction of sp³-hybridized carbons (Fsp3) is 0.333. The summed E-state index contributed by atoms with van der Waals surface area (Å²) in [7, 11) is 0. The summed E-state index contributed by atoms with van der Waals surface area (Å²) >= 11 is 0. The number of rotatable bonds is 3. The van der Waals surface area contributed by atoms with Crippen LogP contribution in [0.15, 0.2) is 35.3 Å². The second-order valence-corrected chi connectivity index (χ2v) is 5.28. The molecule has 5 heteroatoms. The Morgan fingerprint density at radius 3 is 2.85 bits per heavy atom. The molecule has 1 aromatic heterocycles. The van der Waals surface area contributed by atoms with Crippen molar-refractivity contribution in [3.63, 3.8) is 0 Å². The van der Waals surface area contributed by atoms with Gasteiger partial charge in [0, 0.05) is 23.6 Å². The van der Waals surface area contributed by atoms with Crippen molar-refractivity contribution in [1.29, 1.82) is 0 Å². The van der Waals surface area contributed by atoms with Crippen LogP contribution in [0.3, 0.4) is 0 Å². The van der Waals surface area contributed by atoms with Crippen molar-refractivity contribution in [2.24, 2.45) is 5.92 Å². The Kier molecular flexibility index (Phi) is 3.28. The van der Waals surface area contributed by atoms with E-state index in [9.17, 15) is 14.7 Å². The number of pyridine rings is 1. The van der Waals surface area contributed by atoms with Crippen LogP contribution in [0.25, 0.3) is 10.9 Å². The molecular weight excluding hydrogens is 256 g/mol. The molecule has 1 aromatic carbocycles. The lowest BCUT2D eigenvalue weighted by Gasteiger charge is -2.31. The van der Waals surface area contributed by atoms with Gasteiger partial charge >= 0.3 is 0 Å². The van der Waals surface area contributed by atoms with Gasteiger partial charge in [-0.1, -0.05) is 12.1 Å². The molecule has 0 bridgehead atoms. The highest BCUT2D eigenvalue weighted by Crippen LogP contribution is 2.26. The fourth-order valence-electron chi connectivity index (χ4n) is 2.54. The summed E-state index contributed by atoms with van der Waals surface area (Å²) in [4.78, 5) is 27.2. The lowest BCUT2D eigenvalue weighted by molar-refractivity contribution is 0.0420. The minimum Gasteiger partial charge on any atom is -0.393 e. The SMILES string of the molecule is O=C(NCC1CC(O)C1)c1c[nH]c2ccccc2c1=O. The maximum atomic E-state index is 12.2. The maximum Gasteiger partial charge on any atom is 0.256 e. The van der Waals surface area contributed by atoms with Gasteiger partial charge < -0.3 is 15.4 Å². The lowest BCUT2D eigenvalue weighted by atomic mass is 9.82. The molecule has 104 valence electrons. The molecule has 1 aliphatic rings. The van der Waals surface area contributed by atoms with E-state index in [-0.39, 0.29) is 23.0 Å². The average molecular weight is 272 g/mol. The van der Waals surface area contributed by atoms with Gasteiger partial charge in [-0.25, -0.2) is 0 Å². The van der Waals surface area contributed by atoms with Gasteiger partial charge in [0.05, 0.1) is 6.10 Å². The molecule has 3 rings (SSSR count). The zero-order valence-corrected chi connectivity index (χ0v) is 10.9. The summed E-state index contributed by atoms with van der Waals surface area (Å²) < 4.78 is 0. The lowest BCUT2D eigenvalue weighted by Crippen LogP contribution is -2.39. The number of aromatic nitrogens is 1. The minimum atomic E-state index is -0.363. The number of para-hydroxylation sites is 1.